The number of hydrogen-bond acceptors (Lipinski definition) is 5. The van der Waals surface area contributed by atoms with Crippen LogP contribution in [0.2, 0.25) is 0 Å². The fourth-order valence-corrected chi connectivity index (χ4v) is 7.81. The van der Waals surface area contributed by atoms with Crippen LogP contribution in [0.4, 0.5) is 17.1 Å². The van der Waals surface area contributed by atoms with Crippen LogP contribution < -0.4 is 4.90 Å². The van der Waals surface area contributed by atoms with Crippen molar-refractivity contribution in [2.24, 2.45) is 0 Å². The van der Waals surface area contributed by atoms with E-state index in [0.717, 1.165) is 50.1 Å². The molecule has 0 bridgehead atoms. The Hall–Kier alpha value is -6.72. The lowest BCUT2D eigenvalue weighted by molar-refractivity contribution is 0.619. The van der Waals surface area contributed by atoms with Gasteiger partial charge in [0.05, 0.1) is 22.5 Å². The van der Waals surface area contributed by atoms with Crippen LogP contribution in [-0.4, -0.2) is 9.97 Å². The van der Waals surface area contributed by atoms with Gasteiger partial charge in [-0.3, -0.25) is 0 Å². The molecule has 0 spiro atoms. The lowest BCUT2D eigenvalue weighted by Crippen LogP contribution is -2.30. The van der Waals surface area contributed by atoms with E-state index in [-0.39, 0.29) is 5.41 Å². The van der Waals surface area contributed by atoms with Gasteiger partial charge in [0.15, 0.2) is 11.2 Å². The summed E-state index contributed by atoms with van der Waals surface area (Å²) in [5.74, 6) is 1.09. The van der Waals surface area contributed by atoms with Crippen molar-refractivity contribution in [1.29, 1.82) is 0 Å². The van der Waals surface area contributed by atoms with E-state index in [1.54, 1.807) is 0 Å². The topological polar surface area (TPSA) is 55.3 Å². The molecule has 0 fully saturated rings. The fraction of sp³-hybridized carbons (Fsp3) is 0.0638. The van der Waals surface area contributed by atoms with Crippen LogP contribution in [0.25, 0.3) is 67.4 Å². The van der Waals surface area contributed by atoms with Crippen molar-refractivity contribution in [2.75, 3.05) is 4.90 Å². The molecule has 0 unspecified atom stereocenters. The Balaban J connectivity index is 1.22. The summed E-state index contributed by atoms with van der Waals surface area (Å²) in [7, 11) is 0. The zero-order valence-corrected chi connectivity index (χ0v) is 28.7. The standard InChI is InChI=1S/C47H33N3O2/c1-47(2)35-22-12-14-24-37(35)50(38-25-15-13-23-36(38)47)34-28-26-31(27-29-34)40-42-43(51-46(49-42)33-20-10-5-11-21-33)39(30-16-6-3-7-17-30)41-44(40)52-45(48-41)32-18-8-4-9-19-32/h3-29H,1-2H3. The summed E-state index contributed by atoms with van der Waals surface area (Å²) in [4.78, 5) is 12.7. The third-order valence-corrected chi connectivity index (χ3v) is 10.3. The molecular formula is C47H33N3O2. The Morgan fingerprint density at radius 1 is 0.423 bits per heavy atom. The van der Waals surface area contributed by atoms with Gasteiger partial charge in [0.2, 0.25) is 11.8 Å². The average molecular weight is 672 g/mol. The second kappa shape index (κ2) is 11.7. The molecule has 1 aliphatic rings. The minimum atomic E-state index is -0.131. The predicted molar refractivity (Wildman–Crippen MR) is 210 cm³/mol. The van der Waals surface area contributed by atoms with Crippen LogP contribution in [0, 0.1) is 0 Å². The van der Waals surface area contributed by atoms with Crippen molar-refractivity contribution in [1.82, 2.24) is 9.97 Å². The summed E-state index contributed by atoms with van der Waals surface area (Å²) in [6.45, 7) is 4.62. The highest BCUT2D eigenvalue weighted by atomic mass is 16.4. The number of para-hydroxylation sites is 2. The minimum Gasteiger partial charge on any atom is -0.435 e. The fourth-order valence-electron chi connectivity index (χ4n) is 7.81. The van der Waals surface area contributed by atoms with E-state index >= 15 is 0 Å². The van der Waals surface area contributed by atoms with Gasteiger partial charge in [-0.05, 0) is 70.8 Å². The lowest BCUT2D eigenvalue weighted by atomic mass is 9.73. The first-order chi connectivity index (χ1) is 25.6. The number of anilines is 3. The third kappa shape index (κ3) is 4.63. The molecule has 0 N–H and O–H groups in total. The van der Waals surface area contributed by atoms with Crippen molar-refractivity contribution in [3.63, 3.8) is 0 Å². The number of aromatic nitrogens is 2. The molecule has 1 aliphatic heterocycles. The van der Waals surface area contributed by atoms with E-state index in [0.29, 0.717) is 22.9 Å². The van der Waals surface area contributed by atoms with Gasteiger partial charge in [0.25, 0.3) is 0 Å². The monoisotopic (exact) mass is 671 g/mol. The first-order valence-electron chi connectivity index (χ1n) is 17.6. The number of nitrogens with zero attached hydrogens (tertiary/aromatic N) is 3. The van der Waals surface area contributed by atoms with E-state index in [1.807, 2.05) is 78.9 Å². The molecule has 0 aliphatic carbocycles. The van der Waals surface area contributed by atoms with Crippen molar-refractivity contribution in [3.05, 3.63) is 175 Å². The van der Waals surface area contributed by atoms with Crippen molar-refractivity contribution in [3.8, 4) is 45.2 Å². The van der Waals surface area contributed by atoms with Crippen molar-refractivity contribution in [2.45, 2.75) is 19.3 Å². The maximum Gasteiger partial charge on any atom is 0.227 e. The largest absolute Gasteiger partial charge is 0.435 e. The Kier molecular flexibility index (Phi) is 6.77. The second-order valence-electron chi connectivity index (χ2n) is 13.8. The molecule has 7 aromatic carbocycles. The number of benzene rings is 7. The molecule has 0 amide bonds. The molecule has 3 heterocycles. The molecule has 9 aromatic rings. The third-order valence-electron chi connectivity index (χ3n) is 10.3. The van der Waals surface area contributed by atoms with Crippen LogP contribution in [0.5, 0.6) is 0 Å². The Morgan fingerprint density at radius 3 is 1.27 bits per heavy atom. The van der Waals surface area contributed by atoms with Gasteiger partial charge in [-0.1, -0.05) is 129 Å². The summed E-state index contributed by atoms with van der Waals surface area (Å²) >= 11 is 0. The molecule has 2 aromatic heterocycles. The SMILES string of the molecule is CC1(C)c2ccccc2N(c2ccc(-c3c4nc(-c5ccccc5)oc4c(-c4ccccc4)c4nc(-c5ccccc5)oc34)cc2)c2ccccc21. The molecule has 52 heavy (non-hydrogen) atoms. The summed E-state index contributed by atoms with van der Waals surface area (Å²) in [5.41, 5.74) is 14.1. The molecule has 0 radical (unpaired) electrons. The minimum absolute atomic E-state index is 0.131. The highest BCUT2D eigenvalue weighted by Gasteiger charge is 2.36. The predicted octanol–water partition coefficient (Wildman–Crippen LogP) is 12.7. The summed E-state index contributed by atoms with van der Waals surface area (Å²) in [5, 5.41) is 0. The van der Waals surface area contributed by atoms with E-state index in [1.165, 1.54) is 22.5 Å². The first-order valence-corrected chi connectivity index (χ1v) is 17.6. The van der Waals surface area contributed by atoms with Gasteiger partial charge in [0.1, 0.15) is 11.0 Å². The smallest absolute Gasteiger partial charge is 0.227 e. The maximum atomic E-state index is 6.78. The van der Waals surface area contributed by atoms with Gasteiger partial charge in [-0.2, -0.15) is 0 Å². The van der Waals surface area contributed by atoms with Crippen LogP contribution in [0.1, 0.15) is 25.0 Å². The zero-order valence-electron chi connectivity index (χ0n) is 28.7. The maximum absolute atomic E-state index is 6.78. The van der Waals surface area contributed by atoms with Crippen LogP contribution >= 0.6 is 0 Å². The molecule has 248 valence electrons. The first kappa shape index (κ1) is 30.1. The number of hydrogen-bond donors (Lipinski definition) is 0. The van der Waals surface area contributed by atoms with E-state index in [9.17, 15) is 0 Å². The Morgan fingerprint density at radius 2 is 0.808 bits per heavy atom. The molecule has 0 saturated heterocycles. The summed E-state index contributed by atoms with van der Waals surface area (Å²) < 4.78 is 13.5. The highest BCUT2D eigenvalue weighted by Crippen LogP contribution is 2.52. The number of oxazole rings is 2. The van der Waals surface area contributed by atoms with Gasteiger partial charge >= 0.3 is 0 Å². The van der Waals surface area contributed by atoms with Gasteiger partial charge in [0, 0.05) is 22.2 Å². The molecular weight excluding hydrogens is 639 g/mol. The van der Waals surface area contributed by atoms with E-state index in [4.69, 9.17) is 18.8 Å². The van der Waals surface area contributed by atoms with Gasteiger partial charge < -0.3 is 13.7 Å². The van der Waals surface area contributed by atoms with Crippen LogP contribution in [-0.2, 0) is 5.41 Å². The highest BCUT2D eigenvalue weighted by molar-refractivity contribution is 6.16. The quantitative estimate of drug-likeness (QED) is 0.182. The van der Waals surface area contributed by atoms with Crippen LogP contribution in [0.3, 0.4) is 0 Å². The van der Waals surface area contributed by atoms with Crippen LogP contribution in [0.15, 0.2) is 173 Å². The van der Waals surface area contributed by atoms with E-state index < -0.39 is 0 Å². The normalized spacial score (nSPS) is 13.3. The molecule has 0 atom stereocenters. The van der Waals surface area contributed by atoms with Crippen molar-refractivity contribution >= 4 is 39.3 Å². The Labute approximate surface area is 301 Å². The molecule has 10 rings (SSSR count). The zero-order chi connectivity index (χ0) is 34.8. The summed E-state index contributed by atoms with van der Waals surface area (Å²) in [6.07, 6.45) is 0. The number of rotatable bonds is 5. The second-order valence-corrected chi connectivity index (χ2v) is 13.8. The summed E-state index contributed by atoms with van der Waals surface area (Å²) in [6, 6.07) is 56.5. The van der Waals surface area contributed by atoms with Gasteiger partial charge in [-0.25, -0.2) is 9.97 Å². The average Bonchev–Trinajstić information content (AvgIpc) is 3.84. The number of fused-ring (bicyclic) bond motifs is 4. The molecule has 0 saturated carbocycles. The molecule has 5 nitrogen and oxygen atoms in total. The molecule has 5 heteroatoms. The van der Waals surface area contributed by atoms with Crippen molar-refractivity contribution < 1.29 is 8.83 Å². The van der Waals surface area contributed by atoms with E-state index in [2.05, 4.69) is 104 Å². The van der Waals surface area contributed by atoms with Gasteiger partial charge in [-0.15, -0.1) is 0 Å². The Bertz CT molecular complexity index is 2600. The lowest BCUT2D eigenvalue weighted by Gasteiger charge is -2.42.